The summed E-state index contributed by atoms with van der Waals surface area (Å²) in [6.07, 6.45) is 0.971. The summed E-state index contributed by atoms with van der Waals surface area (Å²) in [5.41, 5.74) is 2.95. The predicted octanol–water partition coefficient (Wildman–Crippen LogP) is 3.71. The summed E-state index contributed by atoms with van der Waals surface area (Å²) in [6.45, 7) is 5.34. The van der Waals surface area contributed by atoms with Gasteiger partial charge >= 0.3 is 0 Å². The van der Waals surface area contributed by atoms with Crippen molar-refractivity contribution in [2.45, 2.75) is 26.8 Å². The van der Waals surface area contributed by atoms with Crippen molar-refractivity contribution in [3.8, 4) is 5.75 Å². The normalized spacial score (nSPS) is 10.2. The van der Waals surface area contributed by atoms with Crippen LogP contribution in [-0.2, 0) is 6.54 Å². The number of carbonyl (C=O) groups is 1. The maximum absolute atomic E-state index is 12.1. The summed E-state index contributed by atoms with van der Waals surface area (Å²) in [7, 11) is 0. The van der Waals surface area contributed by atoms with Crippen LogP contribution in [-0.4, -0.2) is 12.5 Å². The number of ether oxygens (including phenoxy) is 1. The van der Waals surface area contributed by atoms with Gasteiger partial charge in [-0.15, -0.1) is 0 Å². The zero-order chi connectivity index (χ0) is 15.1. The number of nitrogens with one attached hydrogen (secondary N) is 1. The highest BCUT2D eigenvalue weighted by molar-refractivity contribution is 5.94. The van der Waals surface area contributed by atoms with Crippen LogP contribution in [0.1, 0.15) is 34.8 Å². The van der Waals surface area contributed by atoms with E-state index in [-0.39, 0.29) is 5.91 Å². The number of amides is 1. The Balaban J connectivity index is 1.89. The first-order chi connectivity index (χ1) is 10.2. The van der Waals surface area contributed by atoms with Crippen molar-refractivity contribution < 1.29 is 9.53 Å². The lowest BCUT2D eigenvalue weighted by atomic mass is 10.1. The summed E-state index contributed by atoms with van der Waals surface area (Å²) >= 11 is 0. The lowest BCUT2D eigenvalue weighted by Crippen LogP contribution is -2.22. The molecule has 2 rings (SSSR count). The van der Waals surface area contributed by atoms with E-state index in [1.807, 2.05) is 43.3 Å². The lowest BCUT2D eigenvalue weighted by molar-refractivity contribution is 0.0951. The van der Waals surface area contributed by atoms with Gasteiger partial charge in [-0.05, 0) is 43.2 Å². The van der Waals surface area contributed by atoms with E-state index in [2.05, 4.69) is 12.2 Å². The largest absolute Gasteiger partial charge is 0.494 e. The standard InChI is InChI=1S/C18H21NO2/c1-3-12-21-17-10-8-16(9-11-17)18(20)19-13-15-6-4-14(2)5-7-15/h4-11H,3,12-13H2,1-2H3,(H,19,20). The van der Waals surface area contributed by atoms with Gasteiger partial charge in [-0.3, -0.25) is 4.79 Å². The van der Waals surface area contributed by atoms with Crippen LogP contribution in [0.4, 0.5) is 0 Å². The first-order valence-corrected chi connectivity index (χ1v) is 7.25. The lowest BCUT2D eigenvalue weighted by Gasteiger charge is -2.07. The van der Waals surface area contributed by atoms with Crippen molar-refractivity contribution >= 4 is 5.91 Å². The first-order valence-electron chi connectivity index (χ1n) is 7.25. The number of aryl methyl sites for hydroxylation is 1. The highest BCUT2D eigenvalue weighted by atomic mass is 16.5. The number of rotatable bonds is 6. The molecule has 0 aliphatic rings. The molecule has 0 aromatic heterocycles. The van der Waals surface area contributed by atoms with E-state index >= 15 is 0 Å². The van der Waals surface area contributed by atoms with Crippen LogP contribution in [0.25, 0.3) is 0 Å². The van der Waals surface area contributed by atoms with E-state index in [0.29, 0.717) is 18.7 Å². The zero-order valence-electron chi connectivity index (χ0n) is 12.6. The fraction of sp³-hybridized carbons (Fsp3) is 0.278. The van der Waals surface area contributed by atoms with Gasteiger partial charge in [-0.25, -0.2) is 0 Å². The van der Waals surface area contributed by atoms with E-state index in [9.17, 15) is 4.79 Å². The Bertz CT molecular complexity index is 573. The maximum Gasteiger partial charge on any atom is 0.251 e. The monoisotopic (exact) mass is 283 g/mol. The van der Waals surface area contributed by atoms with Crippen LogP contribution < -0.4 is 10.1 Å². The summed E-state index contributed by atoms with van der Waals surface area (Å²) in [4.78, 5) is 12.1. The third-order valence-electron chi connectivity index (χ3n) is 3.16. The Labute approximate surface area is 126 Å². The SMILES string of the molecule is CCCOc1ccc(C(=O)NCc2ccc(C)cc2)cc1. The number of hydrogen-bond donors (Lipinski definition) is 1. The van der Waals surface area contributed by atoms with Crippen molar-refractivity contribution in [2.75, 3.05) is 6.61 Å². The molecule has 0 unspecified atom stereocenters. The van der Waals surface area contributed by atoms with E-state index in [4.69, 9.17) is 4.74 Å². The van der Waals surface area contributed by atoms with Crippen molar-refractivity contribution in [3.05, 3.63) is 65.2 Å². The molecule has 0 bridgehead atoms. The smallest absolute Gasteiger partial charge is 0.251 e. The minimum absolute atomic E-state index is 0.0717. The highest BCUT2D eigenvalue weighted by Crippen LogP contribution is 2.12. The van der Waals surface area contributed by atoms with Crippen molar-refractivity contribution in [1.29, 1.82) is 0 Å². The van der Waals surface area contributed by atoms with Crippen LogP contribution in [0.5, 0.6) is 5.75 Å². The summed E-state index contributed by atoms with van der Waals surface area (Å²) in [5, 5.41) is 2.92. The second-order valence-electron chi connectivity index (χ2n) is 5.04. The van der Waals surface area contributed by atoms with E-state index in [1.54, 1.807) is 12.1 Å². The van der Waals surface area contributed by atoms with Gasteiger partial charge in [0.25, 0.3) is 5.91 Å². The van der Waals surface area contributed by atoms with Crippen LogP contribution in [0.3, 0.4) is 0 Å². The molecule has 3 heteroatoms. The maximum atomic E-state index is 12.1. The second-order valence-corrected chi connectivity index (χ2v) is 5.04. The molecule has 3 nitrogen and oxygen atoms in total. The molecule has 1 N–H and O–H groups in total. The van der Waals surface area contributed by atoms with Crippen molar-refractivity contribution in [1.82, 2.24) is 5.32 Å². The molecule has 0 saturated heterocycles. The van der Waals surface area contributed by atoms with Crippen LogP contribution in [0.2, 0.25) is 0 Å². The summed E-state index contributed by atoms with van der Waals surface area (Å²) in [5.74, 6) is 0.726. The predicted molar refractivity (Wildman–Crippen MR) is 84.6 cm³/mol. The van der Waals surface area contributed by atoms with Crippen molar-refractivity contribution in [2.24, 2.45) is 0 Å². The quantitative estimate of drug-likeness (QED) is 0.877. The van der Waals surface area contributed by atoms with Gasteiger partial charge in [-0.1, -0.05) is 36.8 Å². The van der Waals surface area contributed by atoms with Crippen LogP contribution in [0.15, 0.2) is 48.5 Å². The highest BCUT2D eigenvalue weighted by Gasteiger charge is 2.05. The number of carbonyl (C=O) groups excluding carboxylic acids is 1. The average molecular weight is 283 g/mol. The fourth-order valence-electron chi connectivity index (χ4n) is 1.91. The van der Waals surface area contributed by atoms with Gasteiger partial charge in [0.15, 0.2) is 0 Å². The molecule has 0 saturated carbocycles. The third-order valence-corrected chi connectivity index (χ3v) is 3.16. The van der Waals surface area contributed by atoms with Crippen LogP contribution in [0, 0.1) is 6.92 Å². The Kier molecular flexibility index (Phi) is 5.38. The number of benzene rings is 2. The Hall–Kier alpha value is -2.29. The van der Waals surface area contributed by atoms with Gasteiger partial charge < -0.3 is 10.1 Å². The van der Waals surface area contributed by atoms with E-state index in [1.165, 1.54) is 5.56 Å². The van der Waals surface area contributed by atoms with Gasteiger partial charge in [0.1, 0.15) is 5.75 Å². The molecular formula is C18H21NO2. The summed E-state index contributed by atoms with van der Waals surface area (Å²) < 4.78 is 5.50. The minimum atomic E-state index is -0.0717. The van der Waals surface area contributed by atoms with Crippen molar-refractivity contribution in [3.63, 3.8) is 0 Å². The molecule has 110 valence electrons. The fourth-order valence-corrected chi connectivity index (χ4v) is 1.91. The van der Waals surface area contributed by atoms with Gasteiger partial charge in [0.2, 0.25) is 0 Å². The Morgan fingerprint density at radius 3 is 2.33 bits per heavy atom. The molecule has 21 heavy (non-hydrogen) atoms. The minimum Gasteiger partial charge on any atom is -0.494 e. The first kappa shape index (κ1) is 15.1. The van der Waals surface area contributed by atoms with Gasteiger partial charge in [-0.2, -0.15) is 0 Å². The average Bonchev–Trinajstić information content (AvgIpc) is 2.52. The molecule has 0 heterocycles. The van der Waals surface area contributed by atoms with Crippen LogP contribution >= 0.6 is 0 Å². The molecule has 2 aromatic carbocycles. The Morgan fingerprint density at radius 2 is 1.71 bits per heavy atom. The van der Waals surface area contributed by atoms with Gasteiger partial charge in [0.05, 0.1) is 6.61 Å². The molecule has 0 radical (unpaired) electrons. The molecule has 0 fully saturated rings. The van der Waals surface area contributed by atoms with E-state index < -0.39 is 0 Å². The Morgan fingerprint density at radius 1 is 1.05 bits per heavy atom. The molecule has 0 atom stereocenters. The molecule has 1 amide bonds. The van der Waals surface area contributed by atoms with E-state index in [0.717, 1.165) is 17.7 Å². The number of hydrogen-bond acceptors (Lipinski definition) is 2. The summed E-state index contributed by atoms with van der Waals surface area (Å²) in [6, 6.07) is 15.4. The molecule has 0 aliphatic carbocycles. The third kappa shape index (κ3) is 4.63. The molecule has 0 spiro atoms. The molecular weight excluding hydrogens is 262 g/mol. The van der Waals surface area contributed by atoms with Gasteiger partial charge in [0, 0.05) is 12.1 Å². The molecule has 0 aliphatic heterocycles. The second kappa shape index (κ2) is 7.48. The molecule has 2 aromatic rings. The zero-order valence-corrected chi connectivity index (χ0v) is 12.6. The topological polar surface area (TPSA) is 38.3 Å².